The number of pyridine rings is 1. The number of aromatic nitrogens is 2. The first-order chi connectivity index (χ1) is 8.81. The van der Waals surface area contributed by atoms with Crippen molar-refractivity contribution >= 4 is 33.7 Å². The minimum atomic E-state index is 1.03. The Hall–Kier alpha value is -2.00. The Kier molecular flexibility index (Phi) is 2.90. The third-order valence-corrected chi connectivity index (χ3v) is 3.66. The Morgan fingerprint density at radius 2 is 2.11 bits per heavy atom. The second-order valence-electron chi connectivity index (χ2n) is 4.14. The molecule has 0 aliphatic rings. The summed E-state index contributed by atoms with van der Waals surface area (Å²) in [5, 5.41) is 1.03. The maximum Gasteiger partial charge on any atom is 0.117 e. The van der Waals surface area contributed by atoms with E-state index >= 15 is 0 Å². The van der Waals surface area contributed by atoms with E-state index in [2.05, 4.69) is 35.1 Å². The minimum Gasteiger partial charge on any atom is -0.264 e. The molecular weight excluding hydrogens is 240 g/mol. The van der Waals surface area contributed by atoms with Crippen LogP contribution in [0.5, 0.6) is 0 Å². The highest BCUT2D eigenvalue weighted by molar-refractivity contribution is 7.19. The van der Waals surface area contributed by atoms with Crippen LogP contribution in [0.25, 0.3) is 22.4 Å². The highest BCUT2D eigenvalue weighted by Crippen LogP contribution is 2.24. The lowest BCUT2D eigenvalue weighted by Crippen LogP contribution is -1.74. The number of thiazole rings is 1. The van der Waals surface area contributed by atoms with Crippen molar-refractivity contribution < 1.29 is 0 Å². The molecule has 0 bridgehead atoms. The average Bonchev–Trinajstić information content (AvgIpc) is 2.79. The first-order valence-corrected chi connectivity index (χ1v) is 6.58. The molecular formula is C15H12N2S. The SMILES string of the molecule is Cc1ccc2sc(/C=C/c3cccnc3)nc2c1. The van der Waals surface area contributed by atoms with Gasteiger partial charge in [-0.2, -0.15) is 0 Å². The van der Waals surface area contributed by atoms with Gasteiger partial charge in [-0.3, -0.25) is 4.98 Å². The molecule has 18 heavy (non-hydrogen) atoms. The molecule has 0 amide bonds. The fraction of sp³-hybridized carbons (Fsp3) is 0.0667. The molecule has 2 heterocycles. The Bertz CT molecular complexity index is 699. The van der Waals surface area contributed by atoms with Crippen molar-refractivity contribution in [2.75, 3.05) is 0 Å². The molecule has 88 valence electrons. The molecule has 3 aromatic rings. The molecule has 1 aromatic carbocycles. The normalized spacial score (nSPS) is 11.4. The van der Waals surface area contributed by atoms with E-state index in [-0.39, 0.29) is 0 Å². The number of nitrogens with zero attached hydrogens (tertiary/aromatic N) is 2. The zero-order valence-corrected chi connectivity index (χ0v) is 10.8. The van der Waals surface area contributed by atoms with E-state index in [9.17, 15) is 0 Å². The summed E-state index contributed by atoms with van der Waals surface area (Å²) >= 11 is 1.71. The fourth-order valence-electron chi connectivity index (χ4n) is 1.77. The van der Waals surface area contributed by atoms with Gasteiger partial charge >= 0.3 is 0 Å². The van der Waals surface area contributed by atoms with E-state index in [1.807, 2.05) is 30.5 Å². The van der Waals surface area contributed by atoms with E-state index in [1.165, 1.54) is 10.3 Å². The summed E-state index contributed by atoms with van der Waals surface area (Å²) in [4.78, 5) is 8.68. The van der Waals surface area contributed by atoms with Crippen LogP contribution in [0.1, 0.15) is 16.1 Å². The summed E-state index contributed by atoms with van der Waals surface area (Å²) < 4.78 is 1.23. The minimum absolute atomic E-state index is 1.03. The summed E-state index contributed by atoms with van der Waals surface area (Å²) in [6, 6.07) is 10.3. The van der Waals surface area contributed by atoms with Crippen molar-refractivity contribution in [3.05, 3.63) is 58.9 Å². The van der Waals surface area contributed by atoms with Gasteiger partial charge in [0.15, 0.2) is 0 Å². The number of hydrogen-bond acceptors (Lipinski definition) is 3. The molecule has 0 saturated carbocycles. The number of benzene rings is 1. The van der Waals surface area contributed by atoms with Crippen LogP contribution in [-0.2, 0) is 0 Å². The molecule has 0 spiro atoms. The van der Waals surface area contributed by atoms with Crippen LogP contribution in [0.3, 0.4) is 0 Å². The Morgan fingerprint density at radius 1 is 1.17 bits per heavy atom. The molecule has 0 atom stereocenters. The van der Waals surface area contributed by atoms with E-state index in [4.69, 9.17) is 0 Å². The third kappa shape index (κ3) is 2.31. The van der Waals surface area contributed by atoms with E-state index in [0.29, 0.717) is 0 Å². The molecule has 3 rings (SSSR count). The summed E-state index contributed by atoms with van der Waals surface area (Å²) in [6.45, 7) is 2.09. The van der Waals surface area contributed by atoms with Crippen LogP contribution < -0.4 is 0 Å². The van der Waals surface area contributed by atoms with E-state index in [1.54, 1.807) is 17.5 Å². The average molecular weight is 252 g/mol. The van der Waals surface area contributed by atoms with Crippen LogP contribution in [-0.4, -0.2) is 9.97 Å². The Balaban J connectivity index is 1.93. The predicted octanol–water partition coefficient (Wildman–Crippen LogP) is 4.17. The molecule has 0 aliphatic carbocycles. The molecule has 3 heteroatoms. The largest absolute Gasteiger partial charge is 0.264 e. The van der Waals surface area contributed by atoms with Crippen LogP contribution >= 0.6 is 11.3 Å². The van der Waals surface area contributed by atoms with Crippen molar-refractivity contribution in [3.8, 4) is 0 Å². The van der Waals surface area contributed by atoms with Gasteiger partial charge < -0.3 is 0 Å². The van der Waals surface area contributed by atoms with Crippen LogP contribution in [0, 0.1) is 6.92 Å². The van der Waals surface area contributed by atoms with Gasteiger partial charge in [-0.05, 0) is 42.3 Å². The van der Waals surface area contributed by atoms with Crippen molar-refractivity contribution in [3.63, 3.8) is 0 Å². The Morgan fingerprint density at radius 3 is 2.94 bits per heavy atom. The van der Waals surface area contributed by atoms with Gasteiger partial charge in [-0.15, -0.1) is 11.3 Å². The molecule has 0 radical (unpaired) electrons. The lowest BCUT2D eigenvalue weighted by atomic mass is 10.2. The highest BCUT2D eigenvalue weighted by atomic mass is 32.1. The smallest absolute Gasteiger partial charge is 0.117 e. The molecule has 0 unspecified atom stereocenters. The Labute approximate surface area is 110 Å². The van der Waals surface area contributed by atoms with Gasteiger partial charge in [0.05, 0.1) is 10.2 Å². The maximum atomic E-state index is 4.60. The lowest BCUT2D eigenvalue weighted by molar-refractivity contribution is 1.32. The first kappa shape index (κ1) is 11.1. The zero-order chi connectivity index (χ0) is 12.4. The molecule has 2 nitrogen and oxygen atoms in total. The van der Waals surface area contributed by atoms with Gasteiger partial charge in [0.25, 0.3) is 0 Å². The highest BCUT2D eigenvalue weighted by Gasteiger charge is 2.00. The molecule has 0 saturated heterocycles. The van der Waals surface area contributed by atoms with Crippen LogP contribution in [0.2, 0.25) is 0 Å². The maximum absolute atomic E-state index is 4.60. The number of hydrogen-bond donors (Lipinski definition) is 0. The van der Waals surface area contributed by atoms with E-state index in [0.717, 1.165) is 16.1 Å². The topological polar surface area (TPSA) is 25.8 Å². The second-order valence-corrected chi connectivity index (χ2v) is 5.21. The van der Waals surface area contributed by atoms with Crippen molar-refractivity contribution in [1.29, 1.82) is 0 Å². The van der Waals surface area contributed by atoms with Gasteiger partial charge in [0.2, 0.25) is 0 Å². The van der Waals surface area contributed by atoms with Crippen LogP contribution in [0.15, 0.2) is 42.7 Å². The summed E-state index contributed by atoms with van der Waals surface area (Å²) in [5.74, 6) is 0. The zero-order valence-electron chi connectivity index (χ0n) is 10.00. The van der Waals surface area contributed by atoms with Gasteiger partial charge in [-0.25, -0.2) is 4.98 Å². The summed E-state index contributed by atoms with van der Waals surface area (Å²) in [7, 11) is 0. The van der Waals surface area contributed by atoms with Crippen LogP contribution in [0.4, 0.5) is 0 Å². The lowest BCUT2D eigenvalue weighted by Gasteiger charge is -1.89. The van der Waals surface area contributed by atoms with Gasteiger partial charge in [0.1, 0.15) is 5.01 Å². The first-order valence-electron chi connectivity index (χ1n) is 5.76. The van der Waals surface area contributed by atoms with Crippen molar-refractivity contribution in [2.24, 2.45) is 0 Å². The number of fused-ring (bicyclic) bond motifs is 1. The standard InChI is InChI=1S/C15H12N2S/c1-11-4-6-14-13(9-11)17-15(18-14)7-5-12-3-2-8-16-10-12/h2-10H,1H3/b7-5+. The molecule has 0 N–H and O–H groups in total. The monoisotopic (exact) mass is 252 g/mol. The fourth-order valence-corrected chi connectivity index (χ4v) is 2.62. The molecule has 0 aliphatic heterocycles. The predicted molar refractivity (Wildman–Crippen MR) is 77.5 cm³/mol. The van der Waals surface area contributed by atoms with E-state index < -0.39 is 0 Å². The second kappa shape index (κ2) is 4.70. The number of aryl methyl sites for hydroxylation is 1. The van der Waals surface area contributed by atoms with Crippen molar-refractivity contribution in [2.45, 2.75) is 6.92 Å². The number of rotatable bonds is 2. The summed E-state index contributed by atoms with van der Waals surface area (Å²) in [5.41, 5.74) is 3.41. The van der Waals surface area contributed by atoms with Crippen molar-refractivity contribution in [1.82, 2.24) is 9.97 Å². The summed E-state index contributed by atoms with van der Waals surface area (Å²) in [6.07, 6.45) is 7.69. The quantitative estimate of drug-likeness (QED) is 0.684. The van der Waals surface area contributed by atoms with Gasteiger partial charge in [-0.1, -0.05) is 18.2 Å². The molecule has 0 fully saturated rings. The van der Waals surface area contributed by atoms with Gasteiger partial charge in [0, 0.05) is 12.4 Å². The third-order valence-electron chi connectivity index (χ3n) is 2.66. The molecule has 2 aromatic heterocycles.